The zero-order valence-electron chi connectivity index (χ0n) is 11.6. The van der Waals surface area contributed by atoms with E-state index in [1.807, 2.05) is 30.3 Å². The fourth-order valence-electron chi connectivity index (χ4n) is 3.09. The van der Waals surface area contributed by atoms with Crippen LogP contribution in [0, 0.1) is 0 Å². The topological polar surface area (TPSA) is 30.2 Å². The highest BCUT2D eigenvalue weighted by molar-refractivity contribution is 5.77. The molecule has 1 aliphatic carbocycles. The van der Waals surface area contributed by atoms with Crippen LogP contribution >= 0.6 is 0 Å². The number of nitrogens with zero attached hydrogens (tertiary/aromatic N) is 3. The minimum atomic E-state index is -4.43. The molecule has 0 amide bonds. The number of rotatable bonds is 1. The molecule has 0 fully saturated rings. The molecule has 0 saturated carbocycles. The second-order valence-corrected chi connectivity index (χ2v) is 5.40. The molecule has 1 aromatic carbocycles. The van der Waals surface area contributed by atoms with E-state index in [0.29, 0.717) is 36.1 Å². The quantitative estimate of drug-likeness (QED) is 0.682. The first-order chi connectivity index (χ1) is 10.6. The molecule has 4 rings (SSSR count). The van der Waals surface area contributed by atoms with E-state index in [0.717, 1.165) is 10.1 Å². The average molecular weight is 303 g/mol. The lowest BCUT2D eigenvalue weighted by Gasteiger charge is -2.13. The Kier molecular flexibility index (Phi) is 2.76. The second kappa shape index (κ2) is 4.56. The summed E-state index contributed by atoms with van der Waals surface area (Å²) >= 11 is 0. The molecule has 0 atom stereocenters. The highest BCUT2D eigenvalue weighted by Crippen LogP contribution is 2.38. The number of aromatic nitrogens is 3. The van der Waals surface area contributed by atoms with Crippen molar-refractivity contribution < 1.29 is 13.2 Å². The molecule has 0 aliphatic heterocycles. The molecule has 2 aromatic heterocycles. The molecule has 6 heteroatoms. The Morgan fingerprint density at radius 2 is 1.82 bits per heavy atom. The predicted molar refractivity (Wildman–Crippen MR) is 75.5 cm³/mol. The lowest BCUT2D eigenvalue weighted by molar-refractivity contribution is -0.143. The maximum absolute atomic E-state index is 13.5. The lowest BCUT2D eigenvalue weighted by atomic mass is 10.1. The van der Waals surface area contributed by atoms with Crippen molar-refractivity contribution in [1.82, 2.24) is 14.6 Å². The van der Waals surface area contributed by atoms with E-state index in [4.69, 9.17) is 0 Å². The molecule has 3 aromatic rings. The Morgan fingerprint density at radius 1 is 1.05 bits per heavy atom. The van der Waals surface area contributed by atoms with E-state index in [2.05, 4.69) is 10.1 Å². The van der Waals surface area contributed by atoms with Crippen LogP contribution in [0.4, 0.5) is 13.2 Å². The Labute approximate surface area is 124 Å². The van der Waals surface area contributed by atoms with Crippen LogP contribution in [-0.2, 0) is 19.0 Å². The molecule has 0 unspecified atom stereocenters. The molecular weight excluding hydrogens is 291 g/mol. The van der Waals surface area contributed by atoms with E-state index in [-0.39, 0.29) is 5.65 Å². The monoisotopic (exact) mass is 303 g/mol. The van der Waals surface area contributed by atoms with Crippen molar-refractivity contribution in [1.29, 1.82) is 0 Å². The highest BCUT2D eigenvalue weighted by Gasteiger charge is 2.40. The number of aryl methyl sites for hydroxylation is 1. The average Bonchev–Trinajstić information content (AvgIpc) is 3.10. The van der Waals surface area contributed by atoms with Crippen LogP contribution in [0.25, 0.3) is 16.8 Å². The number of alkyl halides is 3. The van der Waals surface area contributed by atoms with Gasteiger partial charge < -0.3 is 0 Å². The van der Waals surface area contributed by atoms with Crippen molar-refractivity contribution in [3.8, 4) is 11.1 Å². The minimum absolute atomic E-state index is 0.277. The van der Waals surface area contributed by atoms with Gasteiger partial charge in [0.2, 0.25) is 0 Å². The second-order valence-electron chi connectivity index (χ2n) is 5.40. The van der Waals surface area contributed by atoms with Gasteiger partial charge in [-0.1, -0.05) is 30.3 Å². The SMILES string of the molecule is FC(F)(F)c1c2c(nc3c(-c4ccccc4)cnn13)CCC2. The smallest absolute Gasteiger partial charge is 0.233 e. The molecule has 1 aliphatic rings. The van der Waals surface area contributed by atoms with E-state index in [1.54, 1.807) is 0 Å². The van der Waals surface area contributed by atoms with Crippen LogP contribution in [0.3, 0.4) is 0 Å². The predicted octanol–water partition coefficient (Wildman–Crippen LogP) is 3.90. The number of hydrogen-bond donors (Lipinski definition) is 0. The first-order valence-electron chi connectivity index (χ1n) is 7.08. The molecule has 2 heterocycles. The highest BCUT2D eigenvalue weighted by atomic mass is 19.4. The molecule has 0 bridgehead atoms. The molecule has 0 saturated heterocycles. The van der Waals surface area contributed by atoms with Gasteiger partial charge in [-0.25, -0.2) is 9.50 Å². The molecule has 112 valence electrons. The van der Waals surface area contributed by atoms with Gasteiger partial charge in [0.05, 0.1) is 6.20 Å². The maximum Gasteiger partial charge on any atom is 0.433 e. The fraction of sp³-hybridized carbons (Fsp3) is 0.250. The van der Waals surface area contributed by atoms with Crippen LogP contribution in [-0.4, -0.2) is 14.6 Å². The third-order valence-electron chi connectivity index (χ3n) is 4.02. The lowest BCUT2D eigenvalue weighted by Crippen LogP contribution is -2.17. The Bertz CT molecular complexity index is 850. The van der Waals surface area contributed by atoms with Crippen LogP contribution in [0.2, 0.25) is 0 Å². The number of halogens is 3. The Hall–Kier alpha value is -2.37. The van der Waals surface area contributed by atoms with Gasteiger partial charge in [0.25, 0.3) is 0 Å². The van der Waals surface area contributed by atoms with Crippen molar-refractivity contribution in [3.05, 3.63) is 53.5 Å². The summed E-state index contributed by atoms with van der Waals surface area (Å²) in [4.78, 5) is 4.47. The van der Waals surface area contributed by atoms with Gasteiger partial charge in [0.1, 0.15) is 0 Å². The van der Waals surface area contributed by atoms with Crippen molar-refractivity contribution in [2.24, 2.45) is 0 Å². The molecule has 22 heavy (non-hydrogen) atoms. The molecule has 0 N–H and O–H groups in total. The fourth-order valence-corrected chi connectivity index (χ4v) is 3.09. The summed E-state index contributed by atoms with van der Waals surface area (Å²) in [7, 11) is 0. The Morgan fingerprint density at radius 3 is 2.55 bits per heavy atom. The maximum atomic E-state index is 13.5. The zero-order valence-corrected chi connectivity index (χ0v) is 11.6. The number of hydrogen-bond acceptors (Lipinski definition) is 2. The van der Waals surface area contributed by atoms with E-state index >= 15 is 0 Å². The number of fused-ring (bicyclic) bond motifs is 2. The van der Waals surface area contributed by atoms with Gasteiger partial charge >= 0.3 is 6.18 Å². The van der Waals surface area contributed by atoms with Crippen LogP contribution in [0.1, 0.15) is 23.4 Å². The van der Waals surface area contributed by atoms with Gasteiger partial charge in [0.15, 0.2) is 11.3 Å². The molecular formula is C16H12F3N3. The summed E-state index contributed by atoms with van der Waals surface area (Å²) in [5, 5.41) is 3.97. The van der Waals surface area contributed by atoms with Gasteiger partial charge in [-0.2, -0.15) is 18.3 Å². The summed E-state index contributed by atoms with van der Waals surface area (Å²) in [6, 6.07) is 9.24. The Balaban J connectivity index is 2.06. The summed E-state index contributed by atoms with van der Waals surface area (Å²) in [6.45, 7) is 0. The van der Waals surface area contributed by atoms with E-state index < -0.39 is 11.9 Å². The summed E-state index contributed by atoms with van der Waals surface area (Å²) < 4.78 is 41.4. The van der Waals surface area contributed by atoms with Gasteiger partial charge in [0, 0.05) is 16.8 Å². The summed E-state index contributed by atoms with van der Waals surface area (Å²) in [5.74, 6) is 0. The zero-order chi connectivity index (χ0) is 15.3. The van der Waals surface area contributed by atoms with Crippen molar-refractivity contribution in [3.63, 3.8) is 0 Å². The van der Waals surface area contributed by atoms with Crippen molar-refractivity contribution in [2.45, 2.75) is 25.4 Å². The number of benzene rings is 1. The van der Waals surface area contributed by atoms with Crippen LogP contribution in [0.5, 0.6) is 0 Å². The van der Waals surface area contributed by atoms with Gasteiger partial charge in [-0.05, 0) is 24.8 Å². The standard InChI is InChI=1S/C16H12F3N3/c17-16(18,19)14-11-7-4-8-13(11)21-15-12(9-20-22(14)15)10-5-2-1-3-6-10/h1-3,5-6,9H,4,7-8H2. The summed E-state index contributed by atoms with van der Waals surface area (Å²) in [5.41, 5.74) is 1.89. The van der Waals surface area contributed by atoms with Crippen molar-refractivity contribution >= 4 is 5.65 Å². The third kappa shape index (κ3) is 1.90. The minimum Gasteiger partial charge on any atom is -0.233 e. The summed E-state index contributed by atoms with van der Waals surface area (Å²) in [6.07, 6.45) is -1.26. The first kappa shape index (κ1) is 13.3. The largest absolute Gasteiger partial charge is 0.433 e. The van der Waals surface area contributed by atoms with E-state index in [9.17, 15) is 13.2 Å². The van der Waals surface area contributed by atoms with Crippen LogP contribution < -0.4 is 0 Å². The van der Waals surface area contributed by atoms with Gasteiger partial charge in [-0.15, -0.1) is 0 Å². The van der Waals surface area contributed by atoms with E-state index in [1.165, 1.54) is 6.20 Å². The van der Waals surface area contributed by atoms with Gasteiger partial charge in [-0.3, -0.25) is 0 Å². The third-order valence-corrected chi connectivity index (χ3v) is 4.02. The van der Waals surface area contributed by atoms with Crippen molar-refractivity contribution in [2.75, 3.05) is 0 Å². The molecule has 3 nitrogen and oxygen atoms in total. The first-order valence-corrected chi connectivity index (χ1v) is 7.08. The normalized spacial score (nSPS) is 14.5. The van der Waals surface area contributed by atoms with Crippen LogP contribution in [0.15, 0.2) is 36.5 Å². The molecule has 0 spiro atoms. The molecule has 0 radical (unpaired) electrons.